The van der Waals surface area contributed by atoms with E-state index < -0.39 is 40.0 Å². The number of halogens is 1. The van der Waals surface area contributed by atoms with Crippen molar-refractivity contribution in [2.45, 2.75) is 175 Å². The number of nitriles is 1. The van der Waals surface area contributed by atoms with Crippen LogP contribution < -0.4 is 36.8 Å². The van der Waals surface area contributed by atoms with Crippen molar-refractivity contribution in [3.05, 3.63) is 172 Å². The van der Waals surface area contributed by atoms with E-state index in [0.717, 1.165) is 111 Å². The number of nitrogens with zero attached hydrogens (tertiary/aromatic N) is 10. The molecule has 13 rings (SSSR count). The summed E-state index contributed by atoms with van der Waals surface area (Å²) >= 11 is 2.45. The van der Waals surface area contributed by atoms with E-state index in [2.05, 4.69) is 36.1 Å². The van der Waals surface area contributed by atoms with Crippen LogP contribution in [0, 0.1) is 36.6 Å². The maximum Gasteiger partial charge on any atom is 0.414 e. The van der Waals surface area contributed by atoms with Crippen molar-refractivity contribution >= 4 is 109 Å². The number of imidazole rings is 1. The maximum atomic E-state index is 12.6. The number of rotatable bonds is 15. The van der Waals surface area contributed by atoms with Crippen molar-refractivity contribution in [1.29, 1.82) is 5.26 Å². The summed E-state index contributed by atoms with van der Waals surface area (Å²) in [7, 11) is 4.87. The van der Waals surface area contributed by atoms with E-state index >= 15 is 0 Å². The standard InChI is InChI=1S/C28H35N5O4.C27H34N4O6.C27H36N4O4.CBrN.Zn/c1-27(2,3)37-26(35)32-13-12-28(18-32)15-21(16-28)33-23-11-10-20(14-22(23)30-24(33)29)31(4)25(34)36-17-19-8-6-5-7-9-19;1-26(2,3)37-25(33)30-13-12-27(18-30)15-20(16-27)28-22-11-10-21(14-23(22)31(34)35)29(4)24(32)36-17-19-8-6-5-7-9-19;1-26(2,3)35-25(33)31-13-12-27(18-31)15-20(16-27)29-23-11-10-21(14-22(23)28)30(4)24(32)34-17-19-8-6-5-7-9-19;2-1-3;/h5-11,14,21H,12-13,15-18H2,1-4H3,(H2,29,30);5-11,14,20,28H,12-13,15-18H2,1-4H3;5-11,14,20,29H,12-13,15-18,28H2,1-4H3;;. The van der Waals surface area contributed by atoms with Gasteiger partial charge in [0.15, 0.2) is 0 Å². The predicted octanol–water partition coefficient (Wildman–Crippen LogP) is 17.0. The Balaban J connectivity index is 0.000000190. The number of hydrogen-bond donors (Lipinski definition) is 4. The zero-order valence-electron chi connectivity index (χ0n) is 66.7. The third-order valence-electron chi connectivity index (χ3n) is 20.9. The summed E-state index contributed by atoms with van der Waals surface area (Å²) in [4.78, 5) is 102. The van der Waals surface area contributed by atoms with Gasteiger partial charge >= 0.3 is 36.6 Å². The van der Waals surface area contributed by atoms with Crippen molar-refractivity contribution in [1.82, 2.24) is 24.3 Å². The Morgan fingerprint density at radius 1 is 0.540 bits per heavy atom. The van der Waals surface area contributed by atoms with Crippen LogP contribution in [0.4, 0.5) is 74.5 Å². The molecule has 1 aromatic heterocycles. The SMILES string of the molecule is CN(C(=O)OCc1ccccc1)c1ccc(NC2CC3(CCN(C(=O)OC(C)(C)C)C3)C2)c(N)c1.CN(C(=O)OCc1ccccc1)c1ccc(NC2CC3(CCN(C(=O)OC(C)(C)C)C3)C2)c([N+](=O)[O-])c1.CN(C(=O)OCc1ccccc1)c1ccc2c(c1)nc(N)n2C1CC2(CCN(C(=O)OC(C)(C)C)C2)C1.N#CBr.[Zn]. The van der Waals surface area contributed by atoms with Crippen LogP contribution >= 0.6 is 15.9 Å². The number of amides is 6. The Morgan fingerprint density at radius 3 is 1.24 bits per heavy atom. The monoisotopic (exact) mass is 1660 g/mol. The molecular weight excluding hydrogens is 1560 g/mol. The molecule has 6 amide bonds. The Kier molecular flexibility index (Phi) is 28.0. The first-order valence-electron chi connectivity index (χ1n) is 37.7. The van der Waals surface area contributed by atoms with E-state index in [9.17, 15) is 38.9 Å². The fraction of sp³-hybridized carbons (Fsp3) is 0.470. The zero-order chi connectivity index (χ0) is 81.1. The van der Waals surface area contributed by atoms with Gasteiger partial charge in [-0.2, -0.15) is 5.26 Å². The van der Waals surface area contributed by atoms with E-state index in [1.54, 1.807) is 42.2 Å². The smallest absolute Gasteiger partial charge is 0.414 e. The summed E-state index contributed by atoms with van der Waals surface area (Å²) in [6, 6.07) is 44.9. The van der Waals surface area contributed by atoms with Gasteiger partial charge in [0.25, 0.3) is 5.69 Å². The van der Waals surface area contributed by atoms with Gasteiger partial charge in [-0.1, -0.05) is 91.0 Å². The molecule has 3 aliphatic heterocycles. The van der Waals surface area contributed by atoms with Crippen molar-refractivity contribution < 1.29 is 81.6 Å². The van der Waals surface area contributed by atoms with Gasteiger partial charge in [-0.15, -0.1) is 0 Å². The van der Waals surface area contributed by atoms with E-state index in [1.165, 1.54) is 27.8 Å². The zero-order valence-corrected chi connectivity index (χ0v) is 71.3. The van der Waals surface area contributed by atoms with Crippen LogP contribution in [0.2, 0.25) is 0 Å². The molecule has 0 bridgehead atoms. The molecule has 6 fully saturated rings. The maximum absolute atomic E-state index is 12.6. The average molecular weight is 1670 g/mol. The number of anilines is 7. The molecule has 3 aliphatic carbocycles. The normalized spacial score (nSPS) is 20.4. The molecule has 30 heteroatoms. The van der Waals surface area contributed by atoms with Crippen LogP contribution in [0.1, 0.15) is 143 Å². The Labute approximate surface area is 682 Å². The second kappa shape index (κ2) is 36.6. The molecule has 3 saturated heterocycles. The number of nitrogens with two attached hydrogens (primary N) is 2. The van der Waals surface area contributed by atoms with Gasteiger partial charge in [0.2, 0.25) is 5.95 Å². The summed E-state index contributed by atoms with van der Waals surface area (Å²) in [5.41, 5.74) is 19.3. The Morgan fingerprint density at radius 2 is 0.876 bits per heavy atom. The van der Waals surface area contributed by atoms with E-state index in [4.69, 9.17) is 45.2 Å². The number of nitrogen functional groups attached to an aromatic ring is 2. The number of hydrogen-bond acceptors (Lipinski definition) is 20. The molecule has 3 spiro atoms. The van der Waals surface area contributed by atoms with Gasteiger partial charge in [-0.05, 0) is 202 Å². The number of fused-ring (bicyclic) bond motifs is 1. The third-order valence-corrected chi connectivity index (χ3v) is 20.9. The molecule has 0 atom stereocenters. The van der Waals surface area contributed by atoms with Crippen LogP contribution in [-0.2, 0) is 67.7 Å². The van der Waals surface area contributed by atoms with Crippen molar-refractivity contribution in [3.63, 3.8) is 0 Å². The number of likely N-dealkylation sites (tertiary alicyclic amines) is 3. The van der Waals surface area contributed by atoms with Gasteiger partial charge in [0.1, 0.15) is 47.3 Å². The molecule has 6 aliphatic rings. The minimum Gasteiger partial charge on any atom is -0.444 e. The van der Waals surface area contributed by atoms with E-state index in [0.29, 0.717) is 60.1 Å². The van der Waals surface area contributed by atoms with Gasteiger partial charge in [0, 0.05) is 131 Å². The number of aromatic nitrogens is 2. The van der Waals surface area contributed by atoms with Gasteiger partial charge in [-0.25, -0.2) is 33.8 Å². The second-order valence-electron chi connectivity index (χ2n) is 33.1. The first-order valence-corrected chi connectivity index (χ1v) is 38.5. The van der Waals surface area contributed by atoms with Gasteiger partial charge < -0.3 is 69.8 Å². The largest absolute Gasteiger partial charge is 0.444 e. The molecular formula is C83H105BrN14O14Zn. The second-order valence-corrected chi connectivity index (χ2v) is 33.5. The predicted molar refractivity (Wildman–Crippen MR) is 434 cm³/mol. The summed E-state index contributed by atoms with van der Waals surface area (Å²) in [5, 5.41) is 25.9. The molecule has 600 valence electrons. The van der Waals surface area contributed by atoms with Crippen LogP contribution in [0.15, 0.2) is 146 Å². The summed E-state index contributed by atoms with van der Waals surface area (Å²) in [5.74, 6) is 0.461. The molecule has 0 unspecified atom stereocenters. The number of nitrogens with one attached hydrogen (secondary N) is 2. The topological polar surface area (TPSA) is 338 Å². The molecule has 0 radical (unpaired) electrons. The van der Waals surface area contributed by atoms with Crippen molar-refractivity contribution in [2.75, 3.05) is 97.2 Å². The number of nitro groups is 1. The van der Waals surface area contributed by atoms with Crippen LogP contribution in [0.5, 0.6) is 0 Å². The number of benzene rings is 6. The number of carbonyl (C=O) groups excluding carboxylic acids is 6. The van der Waals surface area contributed by atoms with E-state index in [1.807, 2.05) is 193 Å². The number of nitro benzene ring substituents is 1. The Bertz CT molecular complexity index is 4530. The van der Waals surface area contributed by atoms with Crippen LogP contribution in [0.25, 0.3) is 11.0 Å². The van der Waals surface area contributed by atoms with Gasteiger partial charge in [-0.3, -0.25) is 24.8 Å². The van der Waals surface area contributed by atoms with Gasteiger partial charge in [0.05, 0.1) is 33.0 Å². The molecule has 7 aromatic rings. The van der Waals surface area contributed by atoms with E-state index in [-0.39, 0.29) is 91.6 Å². The molecule has 6 N–H and O–H groups in total. The quantitative estimate of drug-likeness (QED) is 0.0243. The van der Waals surface area contributed by atoms with Crippen LogP contribution in [-0.4, -0.2) is 155 Å². The minimum absolute atomic E-state index is 0. The average Bonchev–Trinajstić information content (AvgIpc) is 1.61. The van der Waals surface area contributed by atoms with Crippen molar-refractivity contribution in [2.24, 2.45) is 16.2 Å². The third kappa shape index (κ3) is 22.9. The first-order chi connectivity index (χ1) is 52.9. The Hall–Kier alpha value is -10.4. The number of carbonyl (C=O) groups is 6. The first kappa shape index (κ1) is 86.6. The minimum atomic E-state index is -0.601. The molecule has 113 heavy (non-hydrogen) atoms. The summed E-state index contributed by atoms with van der Waals surface area (Å²) in [6.07, 6.45) is 6.10. The number of ether oxygens (including phenoxy) is 6. The fourth-order valence-electron chi connectivity index (χ4n) is 15.3. The van der Waals surface area contributed by atoms with Crippen molar-refractivity contribution in [3.8, 4) is 4.98 Å². The van der Waals surface area contributed by atoms with Crippen LogP contribution in [0.3, 0.4) is 0 Å². The molecule has 3 saturated carbocycles. The summed E-state index contributed by atoms with van der Waals surface area (Å²) in [6.45, 7) is 21.6. The molecule has 6 aromatic carbocycles. The fourth-order valence-corrected chi connectivity index (χ4v) is 15.3. The molecule has 28 nitrogen and oxygen atoms in total. The molecule has 4 heterocycles. The summed E-state index contributed by atoms with van der Waals surface area (Å²) < 4.78 is 34.9.